The summed E-state index contributed by atoms with van der Waals surface area (Å²) in [6.45, 7) is 2.00. The summed E-state index contributed by atoms with van der Waals surface area (Å²) in [7, 11) is 0. The van der Waals surface area contributed by atoms with Crippen LogP contribution in [-0.2, 0) is 22.4 Å². The lowest BCUT2D eigenvalue weighted by molar-refractivity contribution is -0.143. The highest BCUT2D eigenvalue weighted by atomic mass is 35.5. The van der Waals surface area contributed by atoms with E-state index in [0.29, 0.717) is 0 Å². The van der Waals surface area contributed by atoms with Crippen LogP contribution in [0.3, 0.4) is 0 Å². The van der Waals surface area contributed by atoms with Crippen LogP contribution in [-0.4, -0.2) is 40.2 Å². The van der Waals surface area contributed by atoms with Crippen molar-refractivity contribution in [3.8, 4) is 11.8 Å². The first-order valence-corrected chi connectivity index (χ1v) is 9.21. The van der Waals surface area contributed by atoms with Crippen molar-refractivity contribution in [2.24, 2.45) is 0 Å². The van der Waals surface area contributed by atoms with Crippen LogP contribution >= 0.6 is 11.6 Å². The van der Waals surface area contributed by atoms with Gasteiger partial charge in [0.1, 0.15) is 0 Å². The number of aromatic nitrogens is 1. The molecule has 0 spiro atoms. The van der Waals surface area contributed by atoms with Crippen molar-refractivity contribution in [1.82, 2.24) is 10.3 Å². The van der Waals surface area contributed by atoms with Gasteiger partial charge in [0, 0.05) is 23.5 Å². The molecule has 2 aromatic rings. The number of halogens is 1. The Morgan fingerprint density at radius 3 is 2.43 bits per heavy atom. The normalized spacial score (nSPS) is 12.3. The van der Waals surface area contributed by atoms with E-state index in [4.69, 9.17) is 21.8 Å². The number of benzene rings is 1. The standard InChI is InChI=1S/C17H15ClN2.C4H6O4/c18-17-6-4-14-7-10-19-11-8-15(14)16(17)5-3-13-2-1-9-20-12-13;5-3(6)1-2-4(7)8/h1-2,4,6,9,12,19H,7-8,10-11H2;1-2H2,(H,5,6)(H,7,8). The minimum Gasteiger partial charge on any atom is -0.481 e. The van der Waals surface area contributed by atoms with E-state index < -0.39 is 11.9 Å². The van der Waals surface area contributed by atoms with Gasteiger partial charge >= 0.3 is 11.9 Å². The lowest BCUT2D eigenvalue weighted by Crippen LogP contribution is -2.16. The Kier molecular flexibility index (Phi) is 8.47. The second-order valence-corrected chi connectivity index (χ2v) is 6.50. The van der Waals surface area contributed by atoms with E-state index in [0.717, 1.165) is 42.1 Å². The molecule has 3 rings (SSSR count). The van der Waals surface area contributed by atoms with E-state index in [1.165, 1.54) is 11.1 Å². The van der Waals surface area contributed by atoms with Crippen LogP contribution < -0.4 is 5.32 Å². The highest BCUT2D eigenvalue weighted by Crippen LogP contribution is 2.25. The third-order valence-corrected chi connectivity index (χ3v) is 4.34. The smallest absolute Gasteiger partial charge is 0.303 e. The van der Waals surface area contributed by atoms with Crippen LogP contribution in [0.15, 0.2) is 36.7 Å². The molecule has 146 valence electrons. The Morgan fingerprint density at radius 2 is 1.79 bits per heavy atom. The molecule has 1 aliphatic heterocycles. The van der Waals surface area contributed by atoms with Gasteiger partial charge in [-0.25, -0.2) is 0 Å². The predicted molar refractivity (Wildman–Crippen MR) is 106 cm³/mol. The molecule has 1 aromatic carbocycles. The molecule has 0 bridgehead atoms. The largest absolute Gasteiger partial charge is 0.481 e. The summed E-state index contributed by atoms with van der Waals surface area (Å²) in [5, 5.41) is 19.9. The second kappa shape index (κ2) is 11.1. The van der Waals surface area contributed by atoms with Crippen molar-refractivity contribution < 1.29 is 19.8 Å². The number of carbonyl (C=O) groups is 2. The van der Waals surface area contributed by atoms with E-state index in [2.05, 4.69) is 28.2 Å². The number of nitrogens with zero attached hydrogens (tertiary/aromatic N) is 1. The zero-order valence-corrected chi connectivity index (χ0v) is 16.0. The molecule has 0 unspecified atom stereocenters. The summed E-state index contributed by atoms with van der Waals surface area (Å²) in [5.41, 5.74) is 4.53. The first kappa shape index (κ1) is 21.4. The van der Waals surface area contributed by atoms with Crippen molar-refractivity contribution in [1.29, 1.82) is 0 Å². The SMILES string of the molecule is Clc1ccc2c(c1C#Cc1cccnc1)CCNCC2.O=C(O)CCC(=O)O. The lowest BCUT2D eigenvalue weighted by Gasteiger charge is -2.09. The Bertz CT molecular complexity index is 875. The average molecular weight is 401 g/mol. The Morgan fingerprint density at radius 1 is 1.07 bits per heavy atom. The molecule has 0 aliphatic carbocycles. The van der Waals surface area contributed by atoms with Crippen molar-refractivity contribution >= 4 is 23.5 Å². The van der Waals surface area contributed by atoms with Gasteiger partial charge in [-0.3, -0.25) is 14.6 Å². The molecule has 0 fully saturated rings. The molecule has 0 radical (unpaired) electrons. The third-order valence-electron chi connectivity index (χ3n) is 4.03. The average Bonchev–Trinajstić information content (AvgIpc) is 2.92. The van der Waals surface area contributed by atoms with Crippen molar-refractivity contribution in [3.63, 3.8) is 0 Å². The van der Waals surface area contributed by atoms with E-state index in [-0.39, 0.29) is 12.8 Å². The molecule has 1 aliphatic rings. The fourth-order valence-electron chi connectivity index (χ4n) is 2.66. The summed E-state index contributed by atoms with van der Waals surface area (Å²) in [5.74, 6) is 4.24. The molecule has 1 aromatic heterocycles. The van der Waals surface area contributed by atoms with E-state index in [9.17, 15) is 9.59 Å². The topological polar surface area (TPSA) is 99.5 Å². The van der Waals surface area contributed by atoms with Gasteiger partial charge in [0.2, 0.25) is 0 Å². The van der Waals surface area contributed by atoms with Gasteiger partial charge in [0.05, 0.1) is 17.9 Å². The minimum absolute atomic E-state index is 0.296. The zero-order chi connectivity index (χ0) is 20.4. The molecule has 0 amide bonds. The summed E-state index contributed by atoms with van der Waals surface area (Å²) < 4.78 is 0. The highest BCUT2D eigenvalue weighted by Gasteiger charge is 2.13. The summed E-state index contributed by atoms with van der Waals surface area (Å²) in [6, 6.07) is 7.93. The molecule has 3 N–H and O–H groups in total. The van der Waals surface area contributed by atoms with E-state index >= 15 is 0 Å². The molecule has 0 saturated heterocycles. The maximum atomic E-state index is 9.64. The molecule has 7 heteroatoms. The van der Waals surface area contributed by atoms with Crippen molar-refractivity contribution in [3.05, 3.63) is 63.9 Å². The van der Waals surface area contributed by atoms with Gasteiger partial charge in [-0.05, 0) is 55.3 Å². The number of pyridine rings is 1. The molecule has 6 nitrogen and oxygen atoms in total. The molecule has 0 saturated carbocycles. The summed E-state index contributed by atoms with van der Waals surface area (Å²) in [6.07, 6.45) is 4.94. The number of rotatable bonds is 3. The quantitative estimate of drug-likeness (QED) is 0.685. The fourth-order valence-corrected chi connectivity index (χ4v) is 2.89. The van der Waals surface area contributed by atoms with Gasteiger partial charge in [0.25, 0.3) is 0 Å². The zero-order valence-electron chi connectivity index (χ0n) is 15.2. The third kappa shape index (κ3) is 7.03. The van der Waals surface area contributed by atoms with Gasteiger partial charge in [-0.15, -0.1) is 0 Å². The molecule has 2 heterocycles. The molecule has 28 heavy (non-hydrogen) atoms. The van der Waals surface area contributed by atoms with Crippen LogP contribution in [0.5, 0.6) is 0 Å². The molecular weight excluding hydrogens is 380 g/mol. The molecule has 0 atom stereocenters. The van der Waals surface area contributed by atoms with Crippen molar-refractivity contribution in [2.75, 3.05) is 13.1 Å². The Hall–Kier alpha value is -2.88. The first-order valence-electron chi connectivity index (χ1n) is 8.84. The number of carboxylic acids is 2. The van der Waals surface area contributed by atoms with Crippen LogP contribution in [0.4, 0.5) is 0 Å². The number of hydrogen-bond donors (Lipinski definition) is 3. The maximum Gasteiger partial charge on any atom is 0.303 e. The van der Waals surface area contributed by atoms with Crippen LogP contribution in [0.25, 0.3) is 0 Å². The lowest BCUT2D eigenvalue weighted by atomic mass is 9.97. The molecular formula is C21H21ClN2O4. The van der Waals surface area contributed by atoms with Gasteiger partial charge < -0.3 is 15.5 Å². The van der Waals surface area contributed by atoms with Crippen LogP contribution in [0.1, 0.15) is 35.1 Å². The predicted octanol–water partition coefficient (Wildman–Crippen LogP) is 2.76. The second-order valence-electron chi connectivity index (χ2n) is 6.09. The number of hydrogen-bond acceptors (Lipinski definition) is 4. The van der Waals surface area contributed by atoms with Gasteiger partial charge in [0.15, 0.2) is 0 Å². The number of fused-ring (bicyclic) bond motifs is 1. The van der Waals surface area contributed by atoms with Gasteiger partial charge in [-0.2, -0.15) is 0 Å². The van der Waals surface area contributed by atoms with E-state index in [1.54, 1.807) is 12.4 Å². The minimum atomic E-state index is -1.08. The Labute approximate surface area is 168 Å². The summed E-state index contributed by atoms with van der Waals surface area (Å²) in [4.78, 5) is 23.4. The number of aliphatic carboxylic acids is 2. The fraction of sp³-hybridized carbons (Fsp3) is 0.286. The van der Waals surface area contributed by atoms with Gasteiger partial charge in [-0.1, -0.05) is 29.5 Å². The Balaban J connectivity index is 0.000000300. The van der Waals surface area contributed by atoms with Crippen LogP contribution in [0.2, 0.25) is 5.02 Å². The van der Waals surface area contributed by atoms with Crippen LogP contribution in [0, 0.1) is 11.8 Å². The number of nitrogens with one attached hydrogen (secondary N) is 1. The maximum absolute atomic E-state index is 9.64. The van der Waals surface area contributed by atoms with E-state index in [1.807, 2.05) is 18.2 Å². The number of carboxylic acid groups (broad SMARTS) is 2. The monoisotopic (exact) mass is 400 g/mol. The first-order chi connectivity index (χ1) is 13.5. The summed E-state index contributed by atoms with van der Waals surface area (Å²) >= 11 is 6.34. The van der Waals surface area contributed by atoms with Crippen molar-refractivity contribution in [2.45, 2.75) is 25.7 Å². The highest BCUT2D eigenvalue weighted by molar-refractivity contribution is 6.31.